The molecule has 0 saturated heterocycles. The van der Waals surface area contributed by atoms with Crippen LogP contribution in [0.4, 0.5) is 5.95 Å². The summed E-state index contributed by atoms with van der Waals surface area (Å²) in [6.07, 6.45) is -0.685. The second kappa shape index (κ2) is 6.76. The largest absolute Gasteiger partial charge is 0.387 e. The molecule has 1 heterocycles. The van der Waals surface area contributed by atoms with Crippen LogP contribution in [0.15, 0.2) is 48.5 Å². The van der Waals surface area contributed by atoms with Crippen LogP contribution in [0.25, 0.3) is 5.69 Å². The maximum atomic E-state index is 10.2. The Balaban J connectivity index is 1.70. The van der Waals surface area contributed by atoms with Crippen LogP contribution in [0.2, 0.25) is 5.02 Å². The zero-order valence-corrected chi connectivity index (χ0v) is 13.3. The van der Waals surface area contributed by atoms with Crippen molar-refractivity contribution in [3.8, 4) is 5.69 Å². The van der Waals surface area contributed by atoms with E-state index < -0.39 is 6.10 Å². The maximum Gasteiger partial charge on any atom is 0.247 e. The van der Waals surface area contributed by atoms with Gasteiger partial charge in [0.05, 0.1) is 11.8 Å². The summed E-state index contributed by atoms with van der Waals surface area (Å²) in [5, 5.41) is 25.5. The molecule has 0 radical (unpaired) electrons. The SMILES string of the molecule is Cc1ccc(-n2nnnc2NC[C@H](O)c2ccc(Cl)cc2)cc1. The highest BCUT2D eigenvalue weighted by Gasteiger charge is 2.11. The number of benzene rings is 2. The molecule has 0 aliphatic carbocycles. The Bertz CT molecular complexity index is 770. The summed E-state index contributed by atoms with van der Waals surface area (Å²) >= 11 is 5.85. The number of aliphatic hydroxyl groups excluding tert-OH is 1. The number of nitrogens with one attached hydrogen (secondary N) is 1. The smallest absolute Gasteiger partial charge is 0.247 e. The fourth-order valence-corrected chi connectivity index (χ4v) is 2.27. The molecular weight excluding hydrogens is 314 g/mol. The van der Waals surface area contributed by atoms with Gasteiger partial charge in [0.2, 0.25) is 5.95 Å². The number of halogens is 1. The highest BCUT2D eigenvalue weighted by Crippen LogP contribution is 2.18. The molecule has 2 aromatic carbocycles. The number of anilines is 1. The van der Waals surface area contributed by atoms with Gasteiger partial charge in [-0.05, 0) is 47.2 Å². The Morgan fingerprint density at radius 1 is 1.13 bits per heavy atom. The molecule has 0 saturated carbocycles. The number of tetrazole rings is 1. The van der Waals surface area contributed by atoms with Crippen LogP contribution in [0, 0.1) is 6.92 Å². The van der Waals surface area contributed by atoms with Crippen LogP contribution in [0.3, 0.4) is 0 Å². The average Bonchev–Trinajstić information content (AvgIpc) is 3.02. The summed E-state index contributed by atoms with van der Waals surface area (Å²) in [5.41, 5.74) is 2.79. The molecule has 0 aliphatic rings. The lowest BCUT2D eigenvalue weighted by molar-refractivity contribution is 0.191. The van der Waals surface area contributed by atoms with Crippen molar-refractivity contribution in [2.75, 3.05) is 11.9 Å². The van der Waals surface area contributed by atoms with Gasteiger partial charge in [0.25, 0.3) is 0 Å². The minimum atomic E-state index is -0.685. The topological polar surface area (TPSA) is 75.9 Å². The van der Waals surface area contributed by atoms with E-state index in [2.05, 4.69) is 20.8 Å². The van der Waals surface area contributed by atoms with E-state index in [4.69, 9.17) is 11.6 Å². The van der Waals surface area contributed by atoms with Crippen LogP contribution in [0.1, 0.15) is 17.2 Å². The number of hydrogen-bond acceptors (Lipinski definition) is 5. The van der Waals surface area contributed by atoms with Crippen LogP contribution in [-0.2, 0) is 0 Å². The molecule has 0 amide bonds. The quantitative estimate of drug-likeness (QED) is 0.752. The number of hydrogen-bond donors (Lipinski definition) is 2. The van der Waals surface area contributed by atoms with Crippen molar-refractivity contribution in [1.29, 1.82) is 0 Å². The minimum Gasteiger partial charge on any atom is -0.387 e. The summed E-state index contributed by atoms with van der Waals surface area (Å²) in [5.74, 6) is 0.474. The molecule has 0 spiro atoms. The van der Waals surface area contributed by atoms with E-state index in [9.17, 15) is 5.11 Å². The second-order valence-electron chi connectivity index (χ2n) is 5.20. The number of nitrogens with zero attached hydrogens (tertiary/aromatic N) is 4. The molecule has 1 aromatic heterocycles. The summed E-state index contributed by atoms with van der Waals surface area (Å²) in [6, 6.07) is 14.9. The van der Waals surface area contributed by atoms with E-state index in [1.165, 1.54) is 0 Å². The highest BCUT2D eigenvalue weighted by atomic mass is 35.5. The molecule has 118 valence electrons. The molecule has 3 rings (SSSR count). The summed E-state index contributed by atoms with van der Waals surface area (Å²) in [4.78, 5) is 0. The van der Waals surface area contributed by atoms with Gasteiger partial charge in [0.1, 0.15) is 0 Å². The van der Waals surface area contributed by atoms with Crippen LogP contribution >= 0.6 is 11.6 Å². The number of aliphatic hydroxyl groups is 1. The lowest BCUT2D eigenvalue weighted by Gasteiger charge is -2.13. The van der Waals surface area contributed by atoms with E-state index in [0.29, 0.717) is 11.0 Å². The van der Waals surface area contributed by atoms with Gasteiger partial charge in [-0.25, -0.2) is 0 Å². The Morgan fingerprint density at radius 2 is 1.83 bits per heavy atom. The molecule has 2 N–H and O–H groups in total. The zero-order chi connectivity index (χ0) is 16.2. The molecule has 7 heteroatoms. The lowest BCUT2D eigenvalue weighted by atomic mass is 10.1. The molecule has 1 atom stereocenters. The summed E-state index contributed by atoms with van der Waals surface area (Å²) in [6.45, 7) is 2.30. The third kappa shape index (κ3) is 3.67. The predicted octanol–water partition coefficient (Wildman–Crippen LogP) is 2.77. The van der Waals surface area contributed by atoms with Gasteiger partial charge in [-0.15, -0.1) is 0 Å². The van der Waals surface area contributed by atoms with Crippen LogP contribution < -0.4 is 5.32 Å². The zero-order valence-electron chi connectivity index (χ0n) is 12.5. The van der Waals surface area contributed by atoms with Gasteiger partial charge in [0, 0.05) is 11.6 Å². The van der Waals surface area contributed by atoms with E-state index in [1.807, 2.05) is 31.2 Å². The van der Waals surface area contributed by atoms with E-state index in [1.54, 1.807) is 28.9 Å². The van der Waals surface area contributed by atoms with Gasteiger partial charge >= 0.3 is 0 Å². The maximum absolute atomic E-state index is 10.2. The molecule has 0 fully saturated rings. The van der Waals surface area contributed by atoms with Gasteiger partial charge in [0.15, 0.2) is 0 Å². The third-order valence-corrected chi connectivity index (χ3v) is 3.71. The van der Waals surface area contributed by atoms with Gasteiger partial charge in [-0.2, -0.15) is 4.68 Å². The van der Waals surface area contributed by atoms with Gasteiger partial charge in [-0.1, -0.05) is 46.5 Å². The molecular formula is C16H16ClN5O. The Morgan fingerprint density at radius 3 is 2.52 bits per heavy atom. The monoisotopic (exact) mass is 329 g/mol. The first kappa shape index (κ1) is 15.5. The predicted molar refractivity (Wildman–Crippen MR) is 88.8 cm³/mol. The van der Waals surface area contributed by atoms with Crippen molar-refractivity contribution in [1.82, 2.24) is 20.2 Å². The van der Waals surface area contributed by atoms with E-state index in [-0.39, 0.29) is 6.54 Å². The van der Waals surface area contributed by atoms with Crippen LogP contribution in [0.5, 0.6) is 0 Å². The first-order chi connectivity index (χ1) is 11.1. The Hall–Kier alpha value is -2.44. The fraction of sp³-hybridized carbons (Fsp3) is 0.188. The average molecular weight is 330 g/mol. The molecule has 3 aromatic rings. The summed E-state index contributed by atoms with van der Waals surface area (Å²) < 4.78 is 1.59. The minimum absolute atomic E-state index is 0.286. The number of aryl methyl sites for hydroxylation is 1. The second-order valence-corrected chi connectivity index (χ2v) is 5.63. The third-order valence-electron chi connectivity index (χ3n) is 3.46. The molecule has 0 aliphatic heterocycles. The van der Waals surface area contributed by atoms with Crippen molar-refractivity contribution in [2.45, 2.75) is 13.0 Å². The Labute approximate surface area is 138 Å². The number of rotatable bonds is 5. The van der Waals surface area contributed by atoms with E-state index in [0.717, 1.165) is 16.8 Å². The highest BCUT2D eigenvalue weighted by molar-refractivity contribution is 6.30. The van der Waals surface area contributed by atoms with Crippen molar-refractivity contribution in [3.05, 3.63) is 64.7 Å². The van der Waals surface area contributed by atoms with Crippen molar-refractivity contribution in [3.63, 3.8) is 0 Å². The fourth-order valence-electron chi connectivity index (χ4n) is 2.15. The van der Waals surface area contributed by atoms with Gasteiger partial charge < -0.3 is 10.4 Å². The Kier molecular flexibility index (Phi) is 4.55. The molecule has 6 nitrogen and oxygen atoms in total. The van der Waals surface area contributed by atoms with Crippen molar-refractivity contribution >= 4 is 17.5 Å². The van der Waals surface area contributed by atoms with Crippen molar-refractivity contribution < 1.29 is 5.11 Å². The van der Waals surface area contributed by atoms with E-state index >= 15 is 0 Å². The molecule has 23 heavy (non-hydrogen) atoms. The number of aromatic nitrogens is 4. The standard InChI is InChI=1S/C16H16ClN5O/c1-11-2-8-14(9-3-11)22-16(19-20-21-22)18-10-15(23)12-4-6-13(17)7-5-12/h2-9,15,23H,10H2,1H3,(H,18,19,21)/t15-/m0/s1. The molecule has 0 unspecified atom stereocenters. The first-order valence-electron chi connectivity index (χ1n) is 7.16. The van der Waals surface area contributed by atoms with Gasteiger partial charge in [-0.3, -0.25) is 0 Å². The van der Waals surface area contributed by atoms with Crippen LogP contribution in [-0.4, -0.2) is 31.9 Å². The summed E-state index contributed by atoms with van der Waals surface area (Å²) in [7, 11) is 0. The first-order valence-corrected chi connectivity index (χ1v) is 7.54. The normalized spacial score (nSPS) is 12.1. The lowest BCUT2D eigenvalue weighted by Crippen LogP contribution is -2.15. The molecule has 0 bridgehead atoms. The van der Waals surface area contributed by atoms with Crippen molar-refractivity contribution in [2.24, 2.45) is 0 Å².